The third-order valence-electron chi connectivity index (χ3n) is 4.28. The molecule has 0 saturated heterocycles. The Bertz CT molecular complexity index is 1060. The predicted molar refractivity (Wildman–Crippen MR) is 106 cm³/mol. The molecule has 3 aromatic carbocycles. The van der Waals surface area contributed by atoms with Crippen molar-refractivity contribution in [1.29, 1.82) is 0 Å². The predicted octanol–water partition coefficient (Wildman–Crippen LogP) is 4.50. The zero-order valence-electron chi connectivity index (χ0n) is 14.0. The SMILES string of the molecule is O=C(Nc1ccccc1Br)c1cccc(N2C(=O)c3ccccc3C2=O)c1. The summed E-state index contributed by atoms with van der Waals surface area (Å²) in [4.78, 5) is 38.9. The van der Waals surface area contributed by atoms with Crippen molar-refractivity contribution in [2.45, 2.75) is 0 Å². The van der Waals surface area contributed by atoms with E-state index in [0.717, 1.165) is 9.37 Å². The number of imide groups is 1. The van der Waals surface area contributed by atoms with Gasteiger partial charge in [0.2, 0.25) is 0 Å². The second-order valence-electron chi connectivity index (χ2n) is 5.98. The van der Waals surface area contributed by atoms with Gasteiger partial charge in [0.25, 0.3) is 17.7 Å². The molecular weight excluding hydrogens is 408 g/mol. The third-order valence-corrected chi connectivity index (χ3v) is 4.97. The summed E-state index contributed by atoms with van der Waals surface area (Å²) >= 11 is 3.39. The van der Waals surface area contributed by atoms with Crippen molar-refractivity contribution in [2.24, 2.45) is 0 Å². The molecule has 132 valence electrons. The smallest absolute Gasteiger partial charge is 0.266 e. The highest BCUT2D eigenvalue weighted by Gasteiger charge is 2.36. The van der Waals surface area contributed by atoms with Gasteiger partial charge < -0.3 is 5.32 Å². The van der Waals surface area contributed by atoms with E-state index in [1.165, 1.54) is 6.07 Å². The van der Waals surface area contributed by atoms with Gasteiger partial charge in [-0.2, -0.15) is 0 Å². The molecule has 0 spiro atoms. The maximum atomic E-state index is 12.6. The quantitative estimate of drug-likeness (QED) is 0.634. The molecule has 6 heteroatoms. The van der Waals surface area contributed by atoms with E-state index in [2.05, 4.69) is 21.2 Å². The minimum Gasteiger partial charge on any atom is -0.321 e. The van der Waals surface area contributed by atoms with Gasteiger partial charge in [-0.25, -0.2) is 4.90 Å². The Hall–Kier alpha value is -3.25. The molecule has 0 bridgehead atoms. The zero-order valence-corrected chi connectivity index (χ0v) is 15.6. The van der Waals surface area contributed by atoms with Crippen molar-refractivity contribution in [3.8, 4) is 0 Å². The van der Waals surface area contributed by atoms with Gasteiger partial charge in [-0.3, -0.25) is 14.4 Å². The highest BCUT2D eigenvalue weighted by Crippen LogP contribution is 2.29. The number of anilines is 2. The first-order valence-electron chi connectivity index (χ1n) is 8.20. The number of hydrogen-bond donors (Lipinski definition) is 1. The number of nitrogens with one attached hydrogen (secondary N) is 1. The lowest BCUT2D eigenvalue weighted by Crippen LogP contribution is -2.29. The van der Waals surface area contributed by atoms with Gasteiger partial charge in [0.15, 0.2) is 0 Å². The van der Waals surface area contributed by atoms with Crippen molar-refractivity contribution < 1.29 is 14.4 Å². The zero-order chi connectivity index (χ0) is 19.0. The van der Waals surface area contributed by atoms with E-state index in [4.69, 9.17) is 0 Å². The molecule has 0 unspecified atom stereocenters. The minimum absolute atomic E-state index is 0.333. The monoisotopic (exact) mass is 420 g/mol. The molecule has 3 amide bonds. The molecule has 1 heterocycles. The van der Waals surface area contributed by atoms with E-state index in [1.54, 1.807) is 48.5 Å². The van der Waals surface area contributed by atoms with Gasteiger partial charge in [-0.1, -0.05) is 30.3 Å². The Morgan fingerprint density at radius 2 is 1.44 bits per heavy atom. The highest BCUT2D eigenvalue weighted by molar-refractivity contribution is 9.10. The van der Waals surface area contributed by atoms with Crippen molar-refractivity contribution in [3.05, 3.63) is 94.0 Å². The summed E-state index contributed by atoms with van der Waals surface area (Å²) in [5, 5.41) is 2.81. The van der Waals surface area contributed by atoms with Crippen LogP contribution in [0.5, 0.6) is 0 Å². The van der Waals surface area contributed by atoms with E-state index >= 15 is 0 Å². The van der Waals surface area contributed by atoms with Crippen molar-refractivity contribution in [2.75, 3.05) is 10.2 Å². The number of hydrogen-bond acceptors (Lipinski definition) is 3. The standard InChI is InChI=1S/C21H13BrN2O3/c22-17-10-3-4-11-18(17)23-19(25)13-6-5-7-14(12-13)24-20(26)15-8-1-2-9-16(15)21(24)27/h1-12H,(H,23,25). The fraction of sp³-hybridized carbons (Fsp3) is 0. The maximum absolute atomic E-state index is 12.6. The molecule has 27 heavy (non-hydrogen) atoms. The molecule has 1 aliphatic rings. The fourth-order valence-electron chi connectivity index (χ4n) is 2.97. The van der Waals surface area contributed by atoms with Crippen LogP contribution in [-0.4, -0.2) is 17.7 Å². The molecule has 5 nitrogen and oxygen atoms in total. The van der Waals surface area contributed by atoms with Crippen molar-refractivity contribution >= 4 is 45.0 Å². The second-order valence-corrected chi connectivity index (χ2v) is 6.83. The number of carbonyl (C=O) groups is 3. The first-order valence-corrected chi connectivity index (χ1v) is 8.99. The van der Waals surface area contributed by atoms with Gasteiger partial charge >= 0.3 is 0 Å². The minimum atomic E-state index is -0.390. The summed E-state index contributed by atoms with van der Waals surface area (Å²) in [6.07, 6.45) is 0. The largest absolute Gasteiger partial charge is 0.321 e. The van der Waals surface area contributed by atoms with Gasteiger partial charge in [0, 0.05) is 10.0 Å². The molecule has 1 aliphatic heterocycles. The number of fused-ring (bicyclic) bond motifs is 1. The fourth-order valence-corrected chi connectivity index (χ4v) is 3.35. The normalized spacial score (nSPS) is 12.9. The molecular formula is C21H13BrN2O3. The summed E-state index contributed by atoms with van der Waals surface area (Å²) in [7, 11) is 0. The molecule has 0 radical (unpaired) electrons. The van der Waals surface area contributed by atoms with E-state index in [1.807, 2.05) is 18.2 Å². The number of nitrogens with zero attached hydrogens (tertiary/aromatic N) is 1. The molecule has 0 aliphatic carbocycles. The number of amides is 3. The molecule has 0 saturated carbocycles. The van der Waals surface area contributed by atoms with E-state index < -0.39 is 0 Å². The second kappa shape index (κ2) is 6.81. The highest BCUT2D eigenvalue weighted by atomic mass is 79.9. The average Bonchev–Trinajstić information content (AvgIpc) is 2.94. The summed E-state index contributed by atoms with van der Waals surface area (Å²) in [5.41, 5.74) is 2.07. The van der Waals surface area contributed by atoms with Gasteiger partial charge in [-0.15, -0.1) is 0 Å². The van der Waals surface area contributed by atoms with Gasteiger partial charge in [0.05, 0.1) is 22.5 Å². The van der Waals surface area contributed by atoms with E-state index in [0.29, 0.717) is 28.1 Å². The number of halogens is 1. The summed E-state index contributed by atoms with van der Waals surface area (Å²) in [5.74, 6) is -1.11. The molecule has 1 N–H and O–H groups in total. The van der Waals surface area contributed by atoms with Crippen LogP contribution in [0.4, 0.5) is 11.4 Å². The Kier molecular flexibility index (Phi) is 4.33. The Morgan fingerprint density at radius 1 is 0.815 bits per heavy atom. The average molecular weight is 421 g/mol. The lowest BCUT2D eigenvalue weighted by Gasteiger charge is -2.15. The lowest BCUT2D eigenvalue weighted by atomic mass is 10.1. The first kappa shape index (κ1) is 17.2. The number of para-hydroxylation sites is 1. The van der Waals surface area contributed by atoms with Crippen LogP contribution in [0.2, 0.25) is 0 Å². The lowest BCUT2D eigenvalue weighted by molar-refractivity contribution is 0.0924. The van der Waals surface area contributed by atoms with Gasteiger partial charge in [-0.05, 0) is 58.4 Å². The number of carbonyl (C=O) groups excluding carboxylic acids is 3. The van der Waals surface area contributed by atoms with Crippen LogP contribution < -0.4 is 10.2 Å². The molecule has 4 rings (SSSR count). The topological polar surface area (TPSA) is 66.5 Å². The summed E-state index contributed by atoms with van der Waals surface area (Å²) < 4.78 is 0.759. The van der Waals surface area contributed by atoms with Gasteiger partial charge in [0.1, 0.15) is 0 Å². The van der Waals surface area contributed by atoms with Crippen LogP contribution in [-0.2, 0) is 0 Å². The van der Waals surface area contributed by atoms with Crippen molar-refractivity contribution in [1.82, 2.24) is 0 Å². The van der Waals surface area contributed by atoms with Crippen LogP contribution in [0.3, 0.4) is 0 Å². The van der Waals surface area contributed by atoms with Crippen LogP contribution in [0.25, 0.3) is 0 Å². The third kappa shape index (κ3) is 3.04. The van der Waals surface area contributed by atoms with Crippen molar-refractivity contribution in [3.63, 3.8) is 0 Å². The van der Waals surface area contributed by atoms with E-state index in [9.17, 15) is 14.4 Å². The molecule has 3 aromatic rings. The van der Waals surface area contributed by atoms with Crippen LogP contribution in [0, 0.1) is 0 Å². The molecule has 0 atom stereocenters. The Morgan fingerprint density at radius 3 is 2.11 bits per heavy atom. The number of benzene rings is 3. The summed E-state index contributed by atoms with van der Waals surface area (Å²) in [6, 6.07) is 20.4. The Labute approximate surface area is 163 Å². The van der Waals surface area contributed by atoms with Crippen LogP contribution in [0.1, 0.15) is 31.1 Å². The van der Waals surface area contributed by atoms with E-state index in [-0.39, 0.29) is 17.7 Å². The molecule has 0 fully saturated rings. The summed E-state index contributed by atoms with van der Waals surface area (Å²) in [6.45, 7) is 0. The Balaban J connectivity index is 1.64. The first-order chi connectivity index (χ1) is 13.1. The van der Waals surface area contributed by atoms with Crippen LogP contribution >= 0.6 is 15.9 Å². The number of rotatable bonds is 3. The van der Waals surface area contributed by atoms with Crippen LogP contribution in [0.15, 0.2) is 77.3 Å². The molecule has 0 aromatic heterocycles. The maximum Gasteiger partial charge on any atom is 0.266 e.